The zero-order valence-corrected chi connectivity index (χ0v) is 13.7. The number of rotatable bonds is 7. The summed E-state index contributed by atoms with van der Waals surface area (Å²) in [4.78, 5) is 23.7. The summed E-state index contributed by atoms with van der Waals surface area (Å²) < 4.78 is 6.50. The average molecular weight is 331 g/mol. The lowest BCUT2D eigenvalue weighted by Gasteiger charge is -2.08. The van der Waals surface area contributed by atoms with Crippen molar-refractivity contribution in [3.05, 3.63) is 36.7 Å². The molecule has 8 heteroatoms. The summed E-state index contributed by atoms with van der Waals surface area (Å²) in [7, 11) is 1.58. The summed E-state index contributed by atoms with van der Waals surface area (Å²) in [6.45, 7) is 1.86. The second-order valence-corrected chi connectivity index (χ2v) is 5.21. The zero-order chi connectivity index (χ0) is 17.5. The van der Waals surface area contributed by atoms with Crippen LogP contribution < -0.4 is 21.1 Å². The van der Waals surface area contributed by atoms with Gasteiger partial charge in [-0.3, -0.25) is 14.3 Å². The van der Waals surface area contributed by atoms with E-state index in [4.69, 9.17) is 10.5 Å². The van der Waals surface area contributed by atoms with E-state index in [1.165, 1.54) is 10.9 Å². The highest BCUT2D eigenvalue weighted by Gasteiger charge is 2.12. The SMILES string of the molecule is CC[C@H](N)C(=O)Nc1cnn(CC(=O)Nc2ccc(OC)cc2)c1. The van der Waals surface area contributed by atoms with Gasteiger partial charge in [-0.2, -0.15) is 5.10 Å². The summed E-state index contributed by atoms with van der Waals surface area (Å²) in [6.07, 6.45) is 3.60. The summed E-state index contributed by atoms with van der Waals surface area (Å²) in [5.41, 5.74) is 6.81. The molecule has 0 saturated carbocycles. The maximum Gasteiger partial charge on any atom is 0.246 e. The third-order valence-electron chi connectivity index (χ3n) is 3.36. The van der Waals surface area contributed by atoms with Crippen LogP contribution in [0.25, 0.3) is 0 Å². The molecule has 1 atom stereocenters. The summed E-state index contributed by atoms with van der Waals surface area (Å²) in [5, 5.41) is 9.46. The van der Waals surface area contributed by atoms with E-state index in [0.29, 0.717) is 23.5 Å². The van der Waals surface area contributed by atoms with Crippen LogP contribution in [0, 0.1) is 0 Å². The lowest BCUT2D eigenvalue weighted by molar-refractivity contribution is -0.117. The Morgan fingerprint density at radius 1 is 1.25 bits per heavy atom. The van der Waals surface area contributed by atoms with Crippen LogP contribution in [0.1, 0.15) is 13.3 Å². The van der Waals surface area contributed by atoms with E-state index in [-0.39, 0.29) is 18.4 Å². The number of nitrogens with zero attached hydrogens (tertiary/aromatic N) is 2. The van der Waals surface area contributed by atoms with Gasteiger partial charge in [-0.05, 0) is 30.7 Å². The van der Waals surface area contributed by atoms with Crippen molar-refractivity contribution in [2.45, 2.75) is 25.9 Å². The van der Waals surface area contributed by atoms with Gasteiger partial charge in [0.1, 0.15) is 12.3 Å². The fourth-order valence-electron chi connectivity index (χ4n) is 1.96. The fourth-order valence-corrected chi connectivity index (χ4v) is 1.96. The monoisotopic (exact) mass is 331 g/mol. The zero-order valence-electron chi connectivity index (χ0n) is 13.7. The molecule has 0 aliphatic rings. The van der Waals surface area contributed by atoms with E-state index in [1.54, 1.807) is 37.6 Å². The lowest BCUT2D eigenvalue weighted by atomic mass is 10.2. The molecule has 2 rings (SSSR count). The Morgan fingerprint density at radius 3 is 2.58 bits per heavy atom. The number of methoxy groups -OCH3 is 1. The highest BCUT2D eigenvalue weighted by molar-refractivity contribution is 5.94. The van der Waals surface area contributed by atoms with Gasteiger partial charge in [0.25, 0.3) is 0 Å². The van der Waals surface area contributed by atoms with Crippen LogP contribution in [0.5, 0.6) is 5.75 Å². The number of nitrogens with one attached hydrogen (secondary N) is 2. The van der Waals surface area contributed by atoms with Crippen molar-refractivity contribution in [2.75, 3.05) is 17.7 Å². The number of benzene rings is 1. The molecule has 1 aromatic carbocycles. The van der Waals surface area contributed by atoms with Crippen molar-refractivity contribution < 1.29 is 14.3 Å². The van der Waals surface area contributed by atoms with Crippen molar-refractivity contribution in [1.82, 2.24) is 9.78 Å². The van der Waals surface area contributed by atoms with Gasteiger partial charge in [-0.1, -0.05) is 6.92 Å². The molecule has 2 amide bonds. The first kappa shape index (κ1) is 17.5. The number of ether oxygens (including phenoxy) is 1. The van der Waals surface area contributed by atoms with Gasteiger partial charge in [0.2, 0.25) is 11.8 Å². The number of carbonyl (C=O) groups excluding carboxylic acids is 2. The highest BCUT2D eigenvalue weighted by Crippen LogP contribution is 2.15. The molecule has 0 spiro atoms. The van der Waals surface area contributed by atoms with Crippen molar-refractivity contribution in [3.63, 3.8) is 0 Å². The fraction of sp³-hybridized carbons (Fsp3) is 0.312. The minimum Gasteiger partial charge on any atom is -0.497 e. The largest absolute Gasteiger partial charge is 0.497 e. The van der Waals surface area contributed by atoms with Crippen molar-refractivity contribution in [2.24, 2.45) is 5.73 Å². The number of nitrogens with two attached hydrogens (primary N) is 1. The Balaban J connectivity index is 1.89. The summed E-state index contributed by atoms with van der Waals surface area (Å²) >= 11 is 0. The van der Waals surface area contributed by atoms with Crippen LogP contribution in [0.4, 0.5) is 11.4 Å². The van der Waals surface area contributed by atoms with E-state index in [0.717, 1.165) is 0 Å². The number of hydrogen-bond acceptors (Lipinski definition) is 5. The van der Waals surface area contributed by atoms with Gasteiger partial charge in [0, 0.05) is 11.9 Å². The molecule has 0 unspecified atom stereocenters. The maximum atomic E-state index is 12.0. The first-order chi connectivity index (χ1) is 11.5. The predicted molar refractivity (Wildman–Crippen MR) is 90.7 cm³/mol. The molecule has 2 aromatic rings. The van der Waals surface area contributed by atoms with Gasteiger partial charge in [0.05, 0.1) is 25.0 Å². The maximum absolute atomic E-state index is 12.0. The van der Waals surface area contributed by atoms with Crippen LogP contribution in [-0.4, -0.2) is 34.7 Å². The molecule has 0 aliphatic carbocycles. The molecule has 1 aromatic heterocycles. The molecular weight excluding hydrogens is 310 g/mol. The lowest BCUT2D eigenvalue weighted by Crippen LogP contribution is -2.34. The van der Waals surface area contributed by atoms with Crippen molar-refractivity contribution in [1.29, 1.82) is 0 Å². The van der Waals surface area contributed by atoms with E-state index in [2.05, 4.69) is 15.7 Å². The minimum absolute atomic E-state index is 0.0295. The van der Waals surface area contributed by atoms with Crippen LogP contribution in [0.3, 0.4) is 0 Å². The second-order valence-electron chi connectivity index (χ2n) is 5.21. The number of hydrogen-bond donors (Lipinski definition) is 3. The molecule has 128 valence electrons. The number of aromatic nitrogens is 2. The second kappa shape index (κ2) is 8.11. The smallest absolute Gasteiger partial charge is 0.246 e. The first-order valence-corrected chi connectivity index (χ1v) is 7.54. The third kappa shape index (κ3) is 4.82. The Hall–Kier alpha value is -2.87. The molecule has 0 saturated heterocycles. The topological polar surface area (TPSA) is 111 Å². The van der Waals surface area contributed by atoms with Gasteiger partial charge in [-0.25, -0.2) is 0 Å². The van der Waals surface area contributed by atoms with Gasteiger partial charge < -0.3 is 21.1 Å². The first-order valence-electron chi connectivity index (χ1n) is 7.54. The molecule has 8 nitrogen and oxygen atoms in total. The molecule has 1 heterocycles. The van der Waals surface area contributed by atoms with E-state index in [9.17, 15) is 9.59 Å². The quantitative estimate of drug-likeness (QED) is 0.706. The van der Waals surface area contributed by atoms with Crippen LogP contribution in [0.15, 0.2) is 36.7 Å². The Kier molecular flexibility index (Phi) is 5.91. The van der Waals surface area contributed by atoms with E-state index >= 15 is 0 Å². The van der Waals surface area contributed by atoms with Crippen LogP contribution in [-0.2, 0) is 16.1 Å². The Labute approximate surface area is 140 Å². The summed E-state index contributed by atoms with van der Waals surface area (Å²) in [5.74, 6) is 0.205. The molecular formula is C16H21N5O3. The van der Waals surface area contributed by atoms with Gasteiger partial charge >= 0.3 is 0 Å². The molecule has 0 bridgehead atoms. The number of amides is 2. The number of carbonyl (C=O) groups is 2. The highest BCUT2D eigenvalue weighted by atomic mass is 16.5. The standard InChI is InChI=1S/C16H21N5O3/c1-3-14(17)16(23)20-12-8-18-21(9-12)10-15(22)19-11-4-6-13(24-2)7-5-11/h4-9,14H,3,10,17H2,1-2H3,(H,19,22)(H,20,23)/t14-/m0/s1. The van der Waals surface area contributed by atoms with Gasteiger partial charge in [0.15, 0.2) is 0 Å². The van der Waals surface area contributed by atoms with Crippen molar-refractivity contribution >= 4 is 23.2 Å². The van der Waals surface area contributed by atoms with Gasteiger partial charge in [-0.15, -0.1) is 0 Å². The Morgan fingerprint density at radius 2 is 1.96 bits per heavy atom. The van der Waals surface area contributed by atoms with Crippen LogP contribution in [0.2, 0.25) is 0 Å². The molecule has 4 N–H and O–H groups in total. The van der Waals surface area contributed by atoms with Crippen LogP contribution >= 0.6 is 0 Å². The number of anilines is 2. The molecule has 24 heavy (non-hydrogen) atoms. The molecule has 0 fully saturated rings. The van der Waals surface area contributed by atoms with Crippen molar-refractivity contribution in [3.8, 4) is 5.75 Å². The molecule has 0 aliphatic heterocycles. The third-order valence-corrected chi connectivity index (χ3v) is 3.36. The van der Waals surface area contributed by atoms with E-state index in [1.807, 2.05) is 6.92 Å². The molecule has 0 radical (unpaired) electrons. The minimum atomic E-state index is -0.563. The van der Waals surface area contributed by atoms with E-state index < -0.39 is 6.04 Å². The normalized spacial score (nSPS) is 11.6. The average Bonchev–Trinajstić information content (AvgIpc) is 3.01. The summed E-state index contributed by atoms with van der Waals surface area (Å²) in [6, 6.07) is 6.45. The predicted octanol–water partition coefficient (Wildman–Crippen LogP) is 1.21. The Bertz CT molecular complexity index is 696.